The number of benzene rings is 2. The number of carbonyl (C=O) groups excluding carboxylic acids is 2. The molecule has 1 aliphatic heterocycles. The van der Waals surface area contributed by atoms with Gasteiger partial charge in [-0.15, -0.1) is 0 Å². The van der Waals surface area contributed by atoms with E-state index in [0.29, 0.717) is 41.1 Å². The molecule has 2 amide bonds. The third kappa shape index (κ3) is 3.56. The van der Waals surface area contributed by atoms with E-state index in [1.54, 1.807) is 29.2 Å². The Hall–Kier alpha value is -4.20. The molecule has 0 saturated heterocycles. The summed E-state index contributed by atoms with van der Waals surface area (Å²) in [7, 11) is 0. The van der Waals surface area contributed by atoms with Crippen LogP contribution in [-0.4, -0.2) is 37.9 Å². The number of H-pyrrole nitrogens is 1. The number of Topliss-reactive ketones (excluding diaryl/α,β-unsaturated/α-hetero) is 1. The number of amides is 2. The number of hydrogen-bond acceptors (Lipinski definition) is 4. The largest absolute Gasteiger partial charge is 0.322 e. The van der Waals surface area contributed by atoms with Gasteiger partial charge in [0.05, 0.1) is 17.9 Å². The van der Waals surface area contributed by atoms with Crippen molar-refractivity contribution in [2.45, 2.75) is 19.9 Å². The summed E-state index contributed by atoms with van der Waals surface area (Å²) in [6.45, 7) is 2.13. The van der Waals surface area contributed by atoms with Crippen LogP contribution >= 0.6 is 0 Å². The first kappa shape index (κ1) is 19.7. The number of anilines is 1. The van der Waals surface area contributed by atoms with Gasteiger partial charge >= 0.3 is 6.03 Å². The van der Waals surface area contributed by atoms with Crippen LogP contribution in [0.4, 0.5) is 10.5 Å². The van der Waals surface area contributed by atoms with Crippen molar-refractivity contribution < 1.29 is 9.59 Å². The highest BCUT2D eigenvalue weighted by molar-refractivity contribution is 5.96. The van der Waals surface area contributed by atoms with Gasteiger partial charge in [-0.2, -0.15) is 0 Å². The molecule has 5 rings (SSSR count). The van der Waals surface area contributed by atoms with Crippen LogP contribution in [0, 0.1) is 0 Å². The van der Waals surface area contributed by atoms with Crippen LogP contribution in [0.25, 0.3) is 16.9 Å². The maximum Gasteiger partial charge on any atom is 0.322 e. The highest BCUT2D eigenvalue weighted by Crippen LogP contribution is 2.21. The van der Waals surface area contributed by atoms with Gasteiger partial charge in [-0.25, -0.2) is 14.3 Å². The van der Waals surface area contributed by atoms with E-state index in [9.17, 15) is 14.4 Å². The molecule has 4 aromatic rings. The second kappa shape index (κ2) is 7.81. The van der Waals surface area contributed by atoms with Crippen molar-refractivity contribution in [2.75, 3.05) is 11.9 Å². The zero-order chi connectivity index (χ0) is 22.2. The highest BCUT2D eigenvalue weighted by atomic mass is 16.2. The summed E-state index contributed by atoms with van der Waals surface area (Å²) in [5.41, 5.74) is 4.45. The fourth-order valence-corrected chi connectivity index (χ4v) is 3.95. The molecule has 0 saturated carbocycles. The molecule has 2 aromatic heterocycles. The van der Waals surface area contributed by atoms with E-state index in [2.05, 4.69) is 15.4 Å². The van der Waals surface area contributed by atoms with Crippen LogP contribution in [0.15, 0.2) is 65.5 Å². The van der Waals surface area contributed by atoms with Crippen molar-refractivity contribution in [2.24, 2.45) is 0 Å². The first-order valence-corrected chi connectivity index (χ1v) is 10.4. The van der Waals surface area contributed by atoms with Gasteiger partial charge in [0.2, 0.25) is 0 Å². The summed E-state index contributed by atoms with van der Waals surface area (Å²) in [4.78, 5) is 43.7. The monoisotopic (exact) mass is 427 g/mol. The van der Waals surface area contributed by atoms with E-state index in [0.717, 1.165) is 11.3 Å². The minimum atomic E-state index is -0.294. The van der Waals surface area contributed by atoms with Gasteiger partial charge in [0.1, 0.15) is 0 Å². The molecule has 32 heavy (non-hydrogen) atoms. The van der Waals surface area contributed by atoms with Crippen LogP contribution in [0.2, 0.25) is 0 Å². The number of aromatic nitrogens is 3. The SMILES string of the molecule is CC(=O)c1cccc(NC(=O)N2CCc3c(nc4cc(-c5ccccc5)[nH]n4c3=O)C2)c1. The van der Waals surface area contributed by atoms with Gasteiger partial charge in [0.25, 0.3) is 5.56 Å². The molecule has 0 atom stereocenters. The van der Waals surface area contributed by atoms with Gasteiger partial charge in [0, 0.05) is 29.4 Å². The van der Waals surface area contributed by atoms with Crippen LogP contribution < -0.4 is 10.9 Å². The van der Waals surface area contributed by atoms with E-state index in [1.807, 2.05) is 36.4 Å². The topological polar surface area (TPSA) is 99.6 Å². The third-order valence-corrected chi connectivity index (χ3v) is 5.66. The predicted molar refractivity (Wildman–Crippen MR) is 121 cm³/mol. The Morgan fingerprint density at radius 3 is 2.66 bits per heavy atom. The normalized spacial score (nSPS) is 13.1. The fraction of sp³-hybridized carbons (Fsp3) is 0.167. The molecule has 2 N–H and O–H groups in total. The highest BCUT2D eigenvalue weighted by Gasteiger charge is 2.25. The number of ketones is 1. The predicted octanol–water partition coefficient (Wildman–Crippen LogP) is 3.48. The Labute approximate surface area is 183 Å². The molecule has 0 unspecified atom stereocenters. The number of urea groups is 1. The summed E-state index contributed by atoms with van der Waals surface area (Å²) in [5.74, 6) is -0.0666. The molecule has 0 aliphatic carbocycles. The third-order valence-electron chi connectivity index (χ3n) is 5.66. The number of hydrogen-bond donors (Lipinski definition) is 2. The Morgan fingerprint density at radius 2 is 1.88 bits per heavy atom. The maximum atomic E-state index is 13.0. The van der Waals surface area contributed by atoms with Gasteiger partial charge in [-0.1, -0.05) is 42.5 Å². The first-order chi connectivity index (χ1) is 15.5. The first-order valence-electron chi connectivity index (χ1n) is 10.4. The number of carbonyl (C=O) groups is 2. The quantitative estimate of drug-likeness (QED) is 0.489. The maximum absolute atomic E-state index is 13.0. The molecule has 1 aliphatic rings. The minimum absolute atomic E-state index is 0.0666. The second-order valence-electron chi connectivity index (χ2n) is 7.81. The molecule has 0 spiro atoms. The van der Waals surface area contributed by atoms with E-state index in [1.165, 1.54) is 11.4 Å². The Balaban J connectivity index is 1.41. The van der Waals surface area contributed by atoms with E-state index in [-0.39, 0.29) is 23.9 Å². The lowest BCUT2D eigenvalue weighted by Crippen LogP contribution is -2.41. The van der Waals surface area contributed by atoms with Gasteiger partial charge in [-0.05, 0) is 31.0 Å². The summed E-state index contributed by atoms with van der Waals surface area (Å²) in [6.07, 6.45) is 0.421. The Morgan fingerprint density at radius 1 is 1.06 bits per heavy atom. The molecular weight excluding hydrogens is 406 g/mol. The zero-order valence-corrected chi connectivity index (χ0v) is 17.5. The van der Waals surface area contributed by atoms with Crippen molar-refractivity contribution >= 4 is 23.1 Å². The van der Waals surface area contributed by atoms with Crippen LogP contribution in [0.3, 0.4) is 0 Å². The molecule has 2 aromatic carbocycles. The lowest BCUT2D eigenvalue weighted by Gasteiger charge is -2.27. The van der Waals surface area contributed by atoms with Crippen LogP contribution in [0.5, 0.6) is 0 Å². The van der Waals surface area contributed by atoms with Crippen molar-refractivity contribution in [3.8, 4) is 11.3 Å². The number of nitrogens with zero attached hydrogens (tertiary/aromatic N) is 3. The van der Waals surface area contributed by atoms with Crippen molar-refractivity contribution in [3.05, 3.63) is 87.8 Å². The molecule has 3 heterocycles. The molecule has 0 fully saturated rings. The average molecular weight is 427 g/mol. The van der Waals surface area contributed by atoms with E-state index < -0.39 is 0 Å². The molecule has 0 bridgehead atoms. The number of aromatic amines is 1. The van der Waals surface area contributed by atoms with Crippen LogP contribution in [0.1, 0.15) is 28.5 Å². The van der Waals surface area contributed by atoms with Crippen molar-refractivity contribution in [1.82, 2.24) is 19.5 Å². The average Bonchev–Trinajstić information content (AvgIpc) is 3.24. The Bertz CT molecular complexity index is 1400. The summed E-state index contributed by atoms with van der Waals surface area (Å²) in [6, 6.07) is 18.1. The summed E-state index contributed by atoms with van der Waals surface area (Å²) in [5, 5.41) is 5.97. The standard InChI is InChI=1S/C24H21N5O3/c1-15(30)17-8-5-9-18(12-17)25-24(32)28-11-10-19-21(14-28)26-22-13-20(27-29(22)23(19)31)16-6-3-2-4-7-16/h2-9,12-13,27H,10-11,14H2,1H3,(H,25,32). The summed E-state index contributed by atoms with van der Waals surface area (Å²) < 4.78 is 1.46. The molecule has 8 heteroatoms. The smallest absolute Gasteiger partial charge is 0.318 e. The number of nitrogens with one attached hydrogen (secondary N) is 2. The summed E-state index contributed by atoms with van der Waals surface area (Å²) >= 11 is 0. The lowest BCUT2D eigenvalue weighted by molar-refractivity contribution is 0.101. The number of fused-ring (bicyclic) bond motifs is 2. The molecule has 0 radical (unpaired) electrons. The molecule has 8 nitrogen and oxygen atoms in total. The molecular formula is C24H21N5O3. The van der Waals surface area contributed by atoms with Gasteiger partial charge in [-0.3, -0.25) is 14.7 Å². The van der Waals surface area contributed by atoms with E-state index >= 15 is 0 Å². The fourth-order valence-electron chi connectivity index (χ4n) is 3.95. The zero-order valence-electron chi connectivity index (χ0n) is 17.5. The van der Waals surface area contributed by atoms with Gasteiger partial charge < -0.3 is 10.2 Å². The number of rotatable bonds is 3. The van der Waals surface area contributed by atoms with E-state index in [4.69, 9.17) is 0 Å². The lowest BCUT2D eigenvalue weighted by atomic mass is 10.1. The molecule has 160 valence electrons. The second-order valence-corrected chi connectivity index (χ2v) is 7.81. The Kier molecular flexibility index (Phi) is 4.82. The minimum Gasteiger partial charge on any atom is -0.318 e. The van der Waals surface area contributed by atoms with Crippen molar-refractivity contribution in [3.63, 3.8) is 0 Å². The van der Waals surface area contributed by atoms with Crippen molar-refractivity contribution in [1.29, 1.82) is 0 Å². The van der Waals surface area contributed by atoms with Gasteiger partial charge in [0.15, 0.2) is 11.4 Å². The van der Waals surface area contributed by atoms with Crippen LogP contribution in [-0.2, 0) is 13.0 Å².